The van der Waals surface area contributed by atoms with Gasteiger partial charge in [-0.3, -0.25) is 0 Å². The van der Waals surface area contributed by atoms with Gasteiger partial charge in [0.1, 0.15) is 0 Å². The van der Waals surface area contributed by atoms with E-state index in [9.17, 15) is 9.79 Å². The third kappa shape index (κ3) is 34.0. The Bertz CT molecular complexity index is 487. The molecule has 0 saturated heterocycles. The van der Waals surface area contributed by atoms with Gasteiger partial charge in [-0.2, -0.15) is 0 Å². The van der Waals surface area contributed by atoms with E-state index < -0.39 is 7.06 Å². The van der Waals surface area contributed by atoms with Crippen LogP contribution in [0.15, 0.2) is 0 Å². The fourth-order valence-corrected chi connectivity index (χ4v) is 10.8. The van der Waals surface area contributed by atoms with Gasteiger partial charge in [0.2, 0.25) is 0 Å². The van der Waals surface area contributed by atoms with Crippen molar-refractivity contribution in [3.63, 3.8) is 0 Å². The first kappa shape index (κ1) is 45.3. The van der Waals surface area contributed by atoms with Crippen molar-refractivity contribution >= 4 is 7.06 Å². The van der Waals surface area contributed by atoms with Crippen LogP contribution >= 0.6 is 7.06 Å². The van der Waals surface area contributed by atoms with Gasteiger partial charge in [-0.05, 0) is 0 Å². The second-order valence-electron chi connectivity index (χ2n) is 15.4. The van der Waals surface area contributed by atoms with Gasteiger partial charge in [0, 0.05) is 0 Å². The Morgan fingerprint density at radius 1 is 0.222 bits per heavy atom. The zero-order chi connectivity index (χ0) is 33.0. The molecule has 0 aliphatic heterocycles. The number of hydrogen-bond donors (Lipinski definition) is 2. The molecular weight excluding hydrogens is 567 g/mol. The fourth-order valence-electron chi connectivity index (χ4n) is 7.29. The van der Waals surface area contributed by atoms with Crippen LogP contribution in [0, 0.1) is 0 Å². The minimum atomic E-state index is -3.53. The molecule has 0 bridgehead atoms. The van der Waals surface area contributed by atoms with Crippen LogP contribution in [0.1, 0.15) is 252 Å². The van der Waals surface area contributed by atoms with E-state index in [4.69, 9.17) is 0 Å². The maximum absolute atomic E-state index is 11.8. The molecule has 0 heterocycles. The average Bonchev–Trinajstić information content (AvgIpc) is 3.03. The van der Waals surface area contributed by atoms with Gasteiger partial charge < -0.3 is 0 Å². The molecule has 0 unspecified atom stereocenters. The van der Waals surface area contributed by atoms with E-state index in [1.165, 1.54) is 212 Å². The molecule has 0 rings (SSSR count). The Labute approximate surface area is 286 Å². The zero-order valence-corrected chi connectivity index (χ0v) is 32.8. The molecule has 3 heteroatoms. The van der Waals surface area contributed by atoms with E-state index >= 15 is 0 Å². The van der Waals surface area contributed by atoms with E-state index in [0.717, 1.165) is 19.3 Å². The minimum Gasteiger partial charge on any atom is -0.0654 e. The summed E-state index contributed by atoms with van der Waals surface area (Å²) in [5, 5.41) is 0. The van der Waals surface area contributed by atoms with E-state index in [-0.39, 0.29) is 0 Å². The summed E-state index contributed by atoms with van der Waals surface area (Å²) in [7, 11) is -3.53. The molecule has 0 atom stereocenters. The molecule has 2 nitrogen and oxygen atoms in total. The first-order valence-electron chi connectivity index (χ1n) is 21.5. The van der Waals surface area contributed by atoms with Crippen molar-refractivity contribution in [3.05, 3.63) is 0 Å². The minimum absolute atomic E-state index is 0.707. The van der Waals surface area contributed by atoms with E-state index in [0.29, 0.717) is 18.5 Å². The Morgan fingerprint density at radius 2 is 0.356 bits per heavy atom. The summed E-state index contributed by atoms with van der Waals surface area (Å²) in [5.74, 6) is 0. The van der Waals surface area contributed by atoms with Gasteiger partial charge in [0.05, 0.1) is 0 Å². The SMILES string of the molecule is CCCCCCCCCCCCCCP(O)(O)(CCCCCCCCCCCCCC)CCCCCCCCCCCCCC. The summed E-state index contributed by atoms with van der Waals surface area (Å²) in [6, 6.07) is 0. The summed E-state index contributed by atoms with van der Waals surface area (Å²) in [6.07, 6.45) is 50.1. The van der Waals surface area contributed by atoms with E-state index in [1.807, 2.05) is 0 Å². The molecule has 45 heavy (non-hydrogen) atoms. The molecule has 0 radical (unpaired) electrons. The molecule has 0 saturated carbocycles. The molecule has 2 N–H and O–H groups in total. The van der Waals surface area contributed by atoms with Crippen LogP contribution in [-0.2, 0) is 0 Å². The predicted octanol–water partition coefficient (Wildman–Crippen LogP) is 15.5. The molecule has 0 fully saturated rings. The molecule has 0 spiro atoms. The van der Waals surface area contributed by atoms with Crippen LogP contribution in [0.25, 0.3) is 0 Å². The van der Waals surface area contributed by atoms with Crippen LogP contribution in [-0.4, -0.2) is 28.3 Å². The van der Waals surface area contributed by atoms with Crippen molar-refractivity contribution in [3.8, 4) is 0 Å². The van der Waals surface area contributed by atoms with Crippen molar-refractivity contribution in [1.29, 1.82) is 0 Å². The van der Waals surface area contributed by atoms with Crippen molar-refractivity contribution in [1.82, 2.24) is 0 Å². The van der Waals surface area contributed by atoms with Crippen molar-refractivity contribution in [2.45, 2.75) is 252 Å². The second kappa shape index (κ2) is 34.2. The normalized spacial score (nSPS) is 13.0. The summed E-state index contributed by atoms with van der Waals surface area (Å²) in [5.41, 5.74) is 0. The van der Waals surface area contributed by atoms with Gasteiger partial charge in [-0.15, -0.1) is 0 Å². The summed E-state index contributed by atoms with van der Waals surface area (Å²) in [4.78, 5) is 23.7. The standard InChI is InChI=1S/C42H89O2P/c1-4-7-10-13-16-19-22-25-28-31-34-37-40-45(43,44,41-38-35-32-29-26-23-20-17-14-11-8-5-2)42-39-36-33-30-27-24-21-18-15-12-9-6-3/h43-44H,4-42H2,1-3H3. The molecule has 274 valence electrons. The van der Waals surface area contributed by atoms with Crippen LogP contribution in [0.4, 0.5) is 0 Å². The van der Waals surface area contributed by atoms with Gasteiger partial charge in [0.25, 0.3) is 0 Å². The zero-order valence-electron chi connectivity index (χ0n) is 31.9. The first-order chi connectivity index (χ1) is 22.0. The third-order valence-electron chi connectivity index (χ3n) is 10.6. The molecule has 0 aliphatic carbocycles. The van der Waals surface area contributed by atoms with Crippen molar-refractivity contribution in [2.75, 3.05) is 18.5 Å². The van der Waals surface area contributed by atoms with Gasteiger partial charge in [-0.25, -0.2) is 0 Å². The van der Waals surface area contributed by atoms with Gasteiger partial charge in [-0.1, -0.05) is 40.0 Å². The predicted molar refractivity (Wildman–Crippen MR) is 209 cm³/mol. The Morgan fingerprint density at radius 3 is 0.511 bits per heavy atom. The van der Waals surface area contributed by atoms with Gasteiger partial charge >= 0.3 is 247 Å². The third-order valence-corrected chi connectivity index (χ3v) is 14.6. The van der Waals surface area contributed by atoms with Crippen LogP contribution < -0.4 is 0 Å². The second-order valence-corrected chi connectivity index (χ2v) is 20.0. The van der Waals surface area contributed by atoms with Crippen LogP contribution in [0.5, 0.6) is 0 Å². The van der Waals surface area contributed by atoms with Crippen molar-refractivity contribution < 1.29 is 9.79 Å². The molecule has 0 aromatic heterocycles. The first-order valence-corrected chi connectivity index (χ1v) is 24.2. The Balaban J connectivity index is 4.23. The molecular formula is C42H89O2P. The van der Waals surface area contributed by atoms with Crippen LogP contribution in [0.2, 0.25) is 0 Å². The van der Waals surface area contributed by atoms with Crippen molar-refractivity contribution in [2.24, 2.45) is 0 Å². The maximum atomic E-state index is 11.8. The summed E-state index contributed by atoms with van der Waals surface area (Å²) < 4.78 is 0. The Hall–Kier alpha value is 0.350. The van der Waals surface area contributed by atoms with E-state index in [1.54, 1.807) is 0 Å². The molecule has 0 aliphatic rings. The fraction of sp³-hybridized carbons (Fsp3) is 1.00. The smallest absolute Gasteiger partial charge is 0.0654 e. The monoisotopic (exact) mass is 657 g/mol. The summed E-state index contributed by atoms with van der Waals surface area (Å²) >= 11 is 0. The molecule has 0 amide bonds. The van der Waals surface area contributed by atoms with Crippen LogP contribution in [0.3, 0.4) is 0 Å². The molecule has 0 aromatic carbocycles. The average molecular weight is 657 g/mol. The van der Waals surface area contributed by atoms with E-state index in [2.05, 4.69) is 20.8 Å². The number of rotatable bonds is 39. The quantitative estimate of drug-likeness (QED) is 0.0510. The van der Waals surface area contributed by atoms with Gasteiger partial charge in [0.15, 0.2) is 0 Å². The number of unbranched alkanes of at least 4 members (excludes halogenated alkanes) is 33. The molecule has 0 aromatic rings. The topological polar surface area (TPSA) is 40.5 Å². The summed E-state index contributed by atoms with van der Waals surface area (Å²) in [6.45, 7) is 6.88. The number of hydrogen-bond acceptors (Lipinski definition) is 2. The Kier molecular flexibility index (Phi) is 34.5.